The molecule has 1 fully saturated rings. The summed E-state index contributed by atoms with van der Waals surface area (Å²) in [5, 5.41) is 4.41. The summed E-state index contributed by atoms with van der Waals surface area (Å²) >= 11 is 0. The maximum Gasteiger partial charge on any atom is 0.417 e. The molecule has 0 bridgehead atoms. The molecule has 0 saturated carbocycles. The summed E-state index contributed by atoms with van der Waals surface area (Å²) < 4.78 is 39.4. The first-order valence-electron chi connectivity index (χ1n) is 10.8. The van der Waals surface area contributed by atoms with Gasteiger partial charge >= 0.3 is 6.18 Å². The summed E-state index contributed by atoms with van der Waals surface area (Å²) in [7, 11) is 0. The number of halogens is 3. The fourth-order valence-electron chi connectivity index (χ4n) is 3.87. The molecule has 0 N–H and O–H groups in total. The zero-order valence-corrected chi connectivity index (χ0v) is 18.8. The molecule has 3 aromatic rings. The number of piperazine rings is 1. The first-order valence-corrected chi connectivity index (χ1v) is 10.8. The fourth-order valence-corrected chi connectivity index (χ4v) is 3.87. The van der Waals surface area contributed by atoms with Crippen LogP contribution in [0.3, 0.4) is 0 Å². The Kier molecular flexibility index (Phi) is 6.41. The van der Waals surface area contributed by atoms with Crippen LogP contribution in [0.2, 0.25) is 0 Å². The maximum atomic E-state index is 12.9. The Balaban J connectivity index is 1.41. The van der Waals surface area contributed by atoms with Crippen LogP contribution in [0.5, 0.6) is 0 Å². The largest absolute Gasteiger partial charge is 0.417 e. The van der Waals surface area contributed by atoms with Gasteiger partial charge < -0.3 is 9.80 Å². The highest BCUT2D eigenvalue weighted by Gasteiger charge is 2.31. The molecule has 4 rings (SSSR count). The number of benzene rings is 1. The molecule has 0 radical (unpaired) electrons. The van der Waals surface area contributed by atoms with Crippen molar-refractivity contribution < 1.29 is 18.0 Å². The highest BCUT2D eigenvalue weighted by molar-refractivity contribution is 5.76. The third kappa shape index (κ3) is 5.11. The number of rotatable bonds is 4. The number of aryl methyl sites for hydroxylation is 2. The number of hydrogen-bond donors (Lipinski definition) is 0. The minimum atomic E-state index is -4.43. The molecule has 10 heteroatoms. The van der Waals surface area contributed by atoms with Crippen molar-refractivity contribution in [2.75, 3.05) is 31.1 Å². The number of nitrogens with zero attached hydrogens (tertiary/aromatic N) is 5. The van der Waals surface area contributed by atoms with Gasteiger partial charge in [0.2, 0.25) is 5.91 Å². The van der Waals surface area contributed by atoms with Gasteiger partial charge in [-0.1, -0.05) is 17.7 Å². The van der Waals surface area contributed by atoms with Gasteiger partial charge in [-0.15, -0.1) is 0 Å². The zero-order valence-electron chi connectivity index (χ0n) is 18.8. The van der Waals surface area contributed by atoms with Crippen molar-refractivity contribution in [3.8, 4) is 11.3 Å². The molecule has 0 aliphatic carbocycles. The normalized spacial score (nSPS) is 14.4. The van der Waals surface area contributed by atoms with Gasteiger partial charge in [0.25, 0.3) is 5.56 Å². The number of anilines is 1. The van der Waals surface area contributed by atoms with Gasteiger partial charge in [0.1, 0.15) is 12.4 Å². The Hall–Kier alpha value is -3.69. The van der Waals surface area contributed by atoms with E-state index in [4.69, 9.17) is 0 Å². The van der Waals surface area contributed by atoms with E-state index in [0.29, 0.717) is 37.7 Å². The van der Waals surface area contributed by atoms with Gasteiger partial charge in [-0.2, -0.15) is 18.3 Å². The first kappa shape index (κ1) is 23.5. The number of carbonyl (C=O) groups excluding carboxylic acids is 1. The number of carbonyl (C=O) groups is 1. The smallest absolute Gasteiger partial charge is 0.353 e. The molecule has 34 heavy (non-hydrogen) atoms. The molecule has 1 amide bonds. The number of amides is 1. The zero-order chi connectivity index (χ0) is 24.5. The monoisotopic (exact) mass is 471 g/mol. The number of hydrogen-bond acceptors (Lipinski definition) is 5. The lowest BCUT2D eigenvalue weighted by molar-refractivity contribution is -0.138. The molecular weight excluding hydrogens is 447 g/mol. The van der Waals surface area contributed by atoms with Gasteiger partial charge in [-0.25, -0.2) is 9.67 Å². The Morgan fingerprint density at radius 2 is 1.74 bits per heavy atom. The second-order valence-corrected chi connectivity index (χ2v) is 8.30. The fraction of sp³-hybridized carbons (Fsp3) is 0.333. The summed E-state index contributed by atoms with van der Waals surface area (Å²) in [6.45, 7) is 5.34. The van der Waals surface area contributed by atoms with Crippen LogP contribution in [0, 0.1) is 13.8 Å². The summed E-state index contributed by atoms with van der Waals surface area (Å²) in [5.74, 6) is 0.187. The van der Waals surface area contributed by atoms with E-state index in [9.17, 15) is 22.8 Å². The average Bonchev–Trinajstić information content (AvgIpc) is 2.82. The van der Waals surface area contributed by atoms with Gasteiger partial charge in [0, 0.05) is 44.0 Å². The van der Waals surface area contributed by atoms with E-state index in [-0.39, 0.29) is 18.0 Å². The van der Waals surface area contributed by atoms with Gasteiger partial charge in [0.15, 0.2) is 0 Å². The Morgan fingerprint density at radius 3 is 2.38 bits per heavy atom. The number of alkyl halides is 3. The van der Waals surface area contributed by atoms with E-state index in [1.807, 2.05) is 36.9 Å². The molecular formula is C24H24F3N5O2. The van der Waals surface area contributed by atoms with Crippen LogP contribution in [0.4, 0.5) is 19.0 Å². The van der Waals surface area contributed by atoms with Crippen LogP contribution in [0.25, 0.3) is 11.3 Å². The molecule has 2 aromatic heterocycles. The summed E-state index contributed by atoms with van der Waals surface area (Å²) in [5.41, 5.74) is 2.44. The molecule has 178 valence electrons. The highest BCUT2D eigenvalue weighted by atomic mass is 19.4. The van der Waals surface area contributed by atoms with E-state index in [1.165, 1.54) is 16.8 Å². The Bertz CT molecular complexity index is 1250. The van der Waals surface area contributed by atoms with Crippen molar-refractivity contribution in [3.63, 3.8) is 0 Å². The molecule has 1 aliphatic rings. The van der Waals surface area contributed by atoms with Crippen molar-refractivity contribution in [2.45, 2.75) is 26.6 Å². The SMILES string of the molecule is Cc1ccc(C)c(-c2ccc(=O)n(CC(=O)N3CCN(c4ccc(C(F)(F)F)cn4)CC3)n2)c1. The Labute approximate surface area is 194 Å². The molecule has 7 nitrogen and oxygen atoms in total. The minimum absolute atomic E-state index is 0.184. The van der Waals surface area contributed by atoms with Gasteiger partial charge in [-0.3, -0.25) is 9.59 Å². The van der Waals surface area contributed by atoms with E-state index >= 15 is 0 Å². The van der Waals surface area contributed by atoms with E-state index < -0.39 is 11.7 Å². The van der Waals surface area contributed by atoms with Crippen molar-refractivity contribution in [2.24, 2.45) is 0 Å². The first-order chi connectivity index (χ1) is 16.1. The number of pyridine rings is 1. The van der Waals surface area contributed by atoms with Gasteiger partial charge in [0.05, 0.1) is 11.3 Å². The number of aromatic nitrogens is 3. The predicted molar refractivity (Wildman–Crippen MR) is 121 cm³/mol. The highest BCUT2D eigenvalue weighted by Crippen LogP contribution is 2.29. The lowest BCUT2D eigenvalue weighted by Crippen LogP contribution is -2.50. The minimum Gasteiger partial charge on any atom is -0.353 e. The van der Waals surface area contributed by atoms with Crippen LogP contribution in [0.15, 0.2) is 53.5 Å². The molecule has 0 spiro atoms. The van der Waals surface area contributed by atoms with Crippen LogP contribution < -0.4 is 10.5 Å². The van der Waals surface area contributed by atoms with E-state index in [1.54, 1.807) is 11.0 Å². The summed E-state index contributed by atoms with van der Waals surface area (Å²) in [6.07, 6.45) is -3.62. The quantitative estimate of drug-likeness (QED) is 0.584. The van der Waals surface area contributed by atoms with Crippen LogP contribution >= 0.6 is 0 Å². The molecule has 1 aromatic carbocycles. The van der Waals surface area contributed by atoms with Crippen LogP contribution in [-0.4, -0.2) is 51.8 Å². The van der Waals surface area contributed by atoms with Crippen LogP contribution in [0.1, 0.15) is 16.7 Å². The summed E-state index contributed by atoms with van der Waals surface area (Å²) in [4.78, 5) is 32.6. The van der Waals surface area contributed by atoms with Crippen molar-refractivity contribution in [1.29, 1.82) is 0 Å². The van der Waals surface area contributed by atoms with E-state index in [0.717, 1.165) is 29.0 Å². The Morgan fingerprint density at radius 1 is 1.00 bits per heavy atom. The molecule has 0 atom stereocenters. The standard InChI is InChI=1S/C24H24F3N5O2/c1-16-3-4-17(2)19(13-16)20-6-8-22(33)32(29-20)15-23(34)31-11-9-30(10-12-31)21-7-5-18(14-28-21)24(25,26)27/h3-8,13-14H,9-12,15H2,1-2H3. The molecule has 3 heterocycles. The summed E-state index contributed by atoms with van der Waals surface area (Å²) in [6, 6.07) is 11.4. The van der Waals surface area contributed by atoms with Crippen molar-refractivity contribution >= 4 is 11.7 Å². The molecule has 1 aliphatic heterocycles. The average molecular weight is 471 g/mol. The molecule has 1 saturated heterocycles. The predicted octanol–water partition coefficient (Wildman–Crippen LogP) is 3.29. The van der Waals surface area contributed by atoms with Crippen molar-refractivity contribution in [3.05, 3.63) is 75.7 Å². The molecule has 0 unspecified atom stereocenters. The topological polar surface area (TPSA) is 71.3 Å². The van der Waals surface area contributed by atoms with Crippen molar-refractivity contribution in [1.82, 2.24) is 19.7 Å². The third-order valence-corrected chi connectivity index (χ3v) is 5.85. The lowest BCUT2D eigenvalue weighted by atomic mass is 10.0. The second kappa shape index (κ2) is 9.28. The van der Waals surface area contributed by atoms with Crippen LogP contribution in [-0.2, 0) is 17.5 Å². The van der Waals surface area contributed by atoms with Gasteiger partial charge in [-0.05, 0) is 43.7 Å². The second-order valence-electron chi connectivity index (χ2n) is 8.30. The third-order valence-electron chi connectivity index (χ3n) is 5.85. The lowest BCUT2D eigenvalue weighted by Gasteiger charge is -2.35. The maximum absolute atomic E-state index is 12.9. The van der Waals surface area contributed by atoms with E-state index in [2.05, 4.69) is 10.1 Å².